The highest BCUT2D eigenvalue weighted by molar-refractivity contribution is 5.78. The van der Waals surface area contributed by atoms with Gasteiger partial charge in [-0.05, 0) is 65.1 Å². The fourth-order valence-corrected chi connectivity index (χ4v) is 3.15. The first-order valence-corrected chi connectivity index (χ1v) is 8.11. The molecule has 0 aromatic carbocycles. The Morgan fingerprint density at radius 1 is 1.40 bits per heavy atom. The van der Waals surface area contributed by atoms with Gasteiger partial charge in [0, 0.05) is 12.6 Å². The molecular formula is C16H29N3O. The molecule has 0 aromatic rings. The molecule has 0 bridgehead atoms. The van der Waals surface area contributed by atoms with Crippen molar-refractivity contribution in [3.05, 3.63) is 11.6 Å². The smallest absolute Gasteiger partial charge is 0.234 e. The highest BCUT2D eigenvalue weighted by Crippen LogP contribution is 2.19. The number of allylic oxidation sites excluding steroid dienone is 1. The van der Waals surface area contributed by atoms with Gasteiger partial charge in [-0.15, -0.1) is 0 Å². The van der Waals surface area contributed by atoms with E-state index in [0.717, 1.165) is 38.9 Å². The summed E-state index contributed by atoms with van der Waals surface area (Å²) in [4.78, 5) is 14.2. The average molecular weight is 279 g/mol. The summed E-state index contributed by atoms with van der Waals surface area (Å²) in [6.07, 6.45) is 10.8. The zero-order chi connectivity index (χ0) is 14.2. The molecule has 1 amide bonds. The van der Waals surface area contributed by atoms with Crippen LogP contribution in [0.3, 0.4) is 0 Å². The summed E-state index contributed by atoms with van der Waals surface area (Å²) in [5, 5.41) is 6.42. The molecule has 2 N–H and O–H groups in total. The molecule has 0 saturated carbocycles. The van der Waals surface area contributed by atoms with Gasteiger partial charge < -0.3 is 10.6 Å². The lowest BCUT2D eigenvalue weighted by molar-refractivity contribution is -0.122. The van der Waals surface area contributed by atoms with Crippen LogP contribution in [0.4, 0.5) is 0 Å². The van der Waals surface area contributed by atoms with Crippen molar-refractivity contribution < 1.29 is 4.79 Å². The Kier molecular flexibility index (Phi) is 6.54. The molecular weight excluding hydrogens is 250 g/mol. The van der Waals surface area contributed by atoms with Gasteiger partial charge in [-0.1, -0.05) is 11.6 Å². The van der Waals surface area contributed by atoms with Gasteiger partial charge >= 0.3 is 0 Å². The monoisotopic (exact) mass is 279 g/mol. The van der Waals surface area contributed by atoms with E-state index in [9.17, 15) is 4.79 Å². The molecule has 0 atom stereocenters. The lowest BCUT2D eigenvalue weighted by Crippen LogP contribution is -2.45. The largest absolute Gasteiger partial charge is 0.355 e. The molecule has 20 heavy (non-hydrogen) atoms. The summed E-state index contributed by atoms with van der Waals surface area (Å²) < 4.78 is 0. The maximum absolute atomic E-state index is 11.9. The molecule has 0 aromatic heterocycles. The van der Waals surface area contributed by atoms with Crippen molar-refractivity contribution in [3.8, 4) is 0 Å². The van der Waals surface area contributed by atoms with Gasteiger partial charge in [-0.25, -0.2) is 0 Å². The Hall–Kier alpha value is -0.870. The highest BCUT2D eigenvalue weighted by atomic mass is 16.2. The number of rotatable bonds is 6. The van der Waals surface area contributed by atoms with Crippen molar-refractivity contribution in [2.24, 2.45) is 0 Å². The van der Waals surface area contributed by atoms with Crippen molar-refractivity contribution in [1.82, 2.24) is 15.5 Å². The fraction of sp³-hybridized carbons (Fsp3) is 0.812. The molecule has 1 aliphatic carbocycles. The molecule has 2 aliphatic rings. The third kappa shape index (κ3) is 5.25. The Labute approximate surface area is 123 Å². The first-order chi connectivity index (χ1) is 9.75. The summed E-state index contributed by atoms with van der Waals surface area (Å²) in [5.74, 6) is 0.169. The van der Waals surface area contributed by atoms with E-state index in [1.165, 1.54) is 31.3 Å². The van der Waals surface area contributed by atoms with Crippen LogP contribution in [0.15, 0.2) is 11.6 Å². The van der Waals surface area contributed by atoms with Crippen LogP contribution in [0.5, 0.6) is 0 Å². The molecule has 1 saturated heterocycles. The van der Waals surface area contributed by atoms with Gasteiger partial charge in [0.2, 0.25) is 5.91 Å². The Morgan fingerprint density at radius 3 is 2.90 bits per heavy atom. The van der Waals surface area contributed by atoms with Crippen LogP contribution in [-0.2, 0) is 4.79 Å². The maximum Gasteiger partial charge on any atom is 0.234 e. The zero-order valence-corrected chi connectivity index (χ0v) is 12.8. The van der Waals surface area contributed by atoms with Gasteiger partial charge in [0.15, 0.2) is 0 Å². The number of nitrogens with zero attached hydrogens (tertiary/aromatic N) is 1. The van der Waals surface area contributed by atoms with Crippen molar-refractivity contribution in [3.63, 3.8) is 0 Å². The summed E-state index contributed by atoms with van der Waals surface area (Å²) in [6.45, 7) is 3.48. The SMILES string of the molecule is CN(CC(=O)NCCC1=CCCCC1)C1CCNCC1. The predicted molar refractivity (Wildman–Crippen MR) is 82.7 cm³/mol. The van der Waals surface area contributed by atoms with Crippen molar-refractivity contribution in [1.29, 1.82) is 0 Å². The number of nitrogens with one attached hydrogen (secondary N) is 2. The summed E-state index contributed by atoms with van der Waals surface area (Å²) in [7, 11) is 2.07. The second kappa shape index (κ2) is 8.42. The average Bonchev–Trinajstić information content (AvgIpc) is 2.49. The molecule has 4 heteroatoms. The molecule has 4 nitrogen and oxygen atoms in total. The van der Waals surface area contributed by atoms with E-state index in [1.54, 1.807) is 0 Å². The number of amides is 1. The lowest BCUT2D eigenvalue weighted by atomic mass is 9.97. The Morgan fingerprint density at radius 2 is 2.20 bits per heavy atom. The molecule has 114 valence electrons. The standard InChI is InChI=1S/C16H29N3O/c1-19(15-8-10-17-11-9-15)13-16(20)18-12-7-14-5-3-2-4-6-14/h5,15,17H,2-4,6-13H2,1H3,(H,18,20). The van der Waals surface area contributed by atoms with Crippen molar-refractivity contribution in [2.45, 2.75) is 51.0 Å². The molecule has 0 unspecified atom stereocenters. The molecule has 0 radical (unpaired) electrons. The second-order valence-electron chi connectivity index (χ2n) is 6.10. The van der Waals surface area contributed by atoms with E-state index < -0.39 is 0 Å². The number of likely N-dealkylation sites (N-methyl/N-ethyl adjacent to an activating group) is 1. The third-order valence-electron chi connectivity index (χ3n) is 4.48. The molecule has 1 aliphatic heterocycles. The first-order valence-electron chi connectivity index (χ1n) is 8.11. The summed E-state index contributed by atoms with van der Waals surface area (Å²) in [5.41, 5.74) is 1.53. The van der Waals surface area contributed by atoms with Crippen molar-refractivity contribution in [2.75, 3.05) is 33.2 Å². The fourth-order valence-electron chi connectivity index (χ4n) is 3.15. The number of hydrogen-bond donors (Lipinski definition) is 2. The van der Waals surface area contributed by atoms with Crippen LogP contribution >= 0.6 is 0 Å². The molecule has 1 fully saturated rings. The van der Waals surface area contributed by atoms with Gasteiger partial charge in [0.25, 0.3) is 0 Å². The van der Waals surface area contributed by atoms with Crippen LogP contribution in [0.1, 0.15) is 44.9 Å². The van der Waals surface area contributed by atoms with Crippen LogP contribution in [-0.4, -0.2) is 50.1 Å². The third-order valence-corrected chi connectivity index (χ3v) is 4.48. The first kappa shape index (κ1) is 15.5. The maximum atomic E-state index is 11.9. The molecule has 0 spiro atoms. The predicted octanol–water partition coefficient (Wildman–Crippen LogP) is 1.68. The van der Waals surface area contributed by atoms with E-state index >= 15 is 0 Å². The minimum Gasteiger partial charge on any atom is -0.355 e. The molecule has 2 rings (SSSR count). The van der Waals surface area contributed by atoms with E-state index in [1.807, 2.05) is 0 Å². The van der Waals surface area contributed by atoms with Gasteiger partial charge in [-0.3, -0.25) is 9.69 Å². The quantitative estimate of drug-likeness (QED) is 0.727. The Balaban J connectivity index is 1.60. The van der Waals surface area contributed by atoms with E-state index in [-0.39, 0.29) is 5.91 Å². The van der Waals surface area contributed by atoms with Crippen molar-refractivity contribution >= 4 is 5.91 Å². The second-order valence-corrected chi connectivity index (χ2v) is 6.10. The Bertz CT molecular complexity index is 335. The number of piperidine rings is 1. The zero-order valence-electron chi connectivity index (χ0n) is 12.8. The lowest BCUT2D eigenvalue weighted by Gasteiger charge is -2.31. The van der Waals surface area contributed by atoms with E-state index in [0.29, 0.717) is 12.6 Å². The summed E-state index contributed by atoms with van der Waals surface area (Å²) >= 11 is 0. The highest BCUT2D eigenvalue weighted by Gasteiger charge is 2.19. The topological polar surface area (TPSA) is 44.4 Å². The summed E-state index contributed by atoms with van der Waals surface area (Å²) in [6, 6.07) is 0.558. The normalized spacial score (nSPS) is 20.8. The van der Waals surface area contributed by atoms with E-state index in [4.69, 9.17) is 0 Å². The van der Waals surface area contributed by atoms with E-state index in [2.05, 4.69) is 28.7 Å². The number of carbonyl (C=O) groups excluding carboxylic acids is 1. The van der Waals surface area contributed by atoms with Crippen LogP contribution in [0.25, 0.3) is 0 Å². The van der Waals surface area contributed by atoms with Gasteiger partial charge in [-0.2, -0.15) is 0 Å². The molecule has 1 heterocycles. The minimum absolute atomic E-state index is 0.169. The van der Waals surface area contributed by atoms with Crippen LogP contribution < -0.4 is 10.6 Å². The van der Waals surface area contributed by atoms with Gasteiger partial charge in [0.1, 0.15) is 0 Å². The van der Waals surface area contributed by atoms with Gasteiger partial charge in [0.05, 0.1) is 6.54 Å². The number of hydrogen-bond acceptors (Lipinski definition) is 3. The van der Waals surface area contributed by atoms with Crippen LogP contribution in [0.2, 0.25) is 0 Å². The minimum atomic E-state index is 0.169. The number of carbonyl (C=O) groups is 1. The van der Waals surface area contributed by atoms with Crippen LogP contribution in [0, 0.1) is 0 Å².